The van der Waals surface area contributed by atoms with E-state index in [1.807, 2.05) is 6.07 Å². The number of quaternary nitrogens is 2. The van der Waals surface area contributed by atoms with Crippen LogP contribution in [-0.4, -0.2) is 60.0 Å². The van der Waals surface area contributed by atoms with E-state index < -0.39 is 0 Å². The molecule has 1 aromatic carbocycles. The van der Waals surface area contributed by atoms with Crippen molar-refractivity contribution in [1.29, 1.82) is 0 Å². The minimum atomic E-state index is 0.121. The molecular formula is C20H32N6O+2. The highest BCUT2D eigenvalue weighted by atomic mass is 16.5. The maximum Gasteiger partial charge on any atom is 0.214 e. The molecular weight excluding hydrogens is 340 g/mol. The smallest absolute Gasteiger partial charge is 0.214 e. The average Bonchev–Trinajstić information content (AvgIpc) is 3.41. The predicted octanol–water partition coefficient (Wildman–Crippen LogP) is -0.310. The molecule has 4 rings (SSSR count). The van der Waals surface area contributed by atoms with E-state index >= 15 is 0 Å². The fourth-order valence-electron chi connectivity index (χ4n) is 4.81. The van der Waals surface area contributed by atoms with Crippen molar-refractivity contribution >= 4 is 0 Å². The first-order chi connectivity index (χ1) is 13.3. The second kappa shape index (κ2) is 8.35. The zero-order valence-corrected chi connectivity index (χ0v) is 16.5. The van der Waals surface area contributed by atoms with Crippen molar-refractivity contribution < 1.29 is 14.5 Å². The monoisotopic (exact) mass is 372 g/mol. The summed E-state index contributed by atoms with van der Waals surface area (Å²) in [6.07, 6.45) is 4.91. The third-order valence-electron chi connectivity index (χ3n) is 6.40. The van der Waals surface area contributed by atoms with Crippen molar-refractivity contribution in [2.24, 2.45) is 0 Å². The molecule has 2 heterocycles. The Labute approximate surface area is 161 Å². The zero-order valence-electron chi connectivity index (χ0n) is 16.5. The van der Waals surface area contributed by atoms with Crippen molar-refractivity contribution in [2.75, 3.05) is 39.8 Å². The SMILES string of the molecule is CC[NH+]1CC[NH+]([C@H](c2ccccc2OC)c2nnnn2C2CCCC2)CC1. The highest BCUT2D eigenvalue weighted by molar-refractivity contribution is 5.37. The van der Waals surface area contributed by atoms with Gasteiger partial charge in [0.1, 0.15) is 31.9 Å². The van der Waals surface area contributed by atoms with Gasteiger partial charge in [-0.2, -0.15) is 0 Å². The second-order valence-electron chi connectivity index (χ2n) is 7.86. The number of methoxy groups -OCH3 is 1. The summed E-state index contributed by atoms with van der Waals surface area (Å²) in [6.45, 7) is 8.13. The van der Waals surface area contributed by atoms with Gasteiger partial charge in [0.25, 0.3) is 0 Å². The molecule has 0 spiro atoms. The number of tetrazole rings is 1. The predicted molar refractivity (Wildman–Crippen MR) is 102 cm³/mol. The van der Waals surface area contributed by atoms with E-state index in [4.69, 9.17) is 4.74 Å². The van der Waals surface area contributed by atoms with Crippen LogP contribution >= 0.6 is 0 Å². The first-order valence-corrected chi connectivity index (χ1v) is 10.4. The van der Waals surface area contributed by atoms with Gasteiger partial charge in [-0.3, -0.25) is 0 Å². The largest absolute Gasteiger partial charge is 0.496 e. The molecule has 0 unspecified atom stereocenters. The maximum atomic E-state index is 5.73. The number of nitrogens with zero attached hydrogens (tertiary/aromatic N) is 4. The average molecular weight is 373 g/mol. The molecule has 7 nitrogen and oxygen atoms in total. The molecule has 1 aliphatic heterocycles. The Hall–Kier alpha value is -1.99. The fourth-order valence-corrected chi connectivity index (χ4v) is 4.81. The van der Waals surface area contributed by atoms with Crippen LogP contribution in [-0.2, 0) is 0 Å². The number of hydrogen-bond donors (Lipinski definition) is 2. The van der Waals surface area contributed by atoms with Crippen LogP contribution in [0, 0.1) is 0 Å². The molecule has 7 heteroatoms. The molecule has 2 aliphatic rings. The molecule has 1 saturated carbocycles. The minimum absolute atomic E-state index is 0.121. The van der Waals surface area contributed by atoms with E-state index in [1.165, 1.54) is 50.9 Å². The summed E-state index contributed by atoms with van der Waals surface area (Å²) in [5.74, 6) is 1.93. The summed E-state index contributed by atoms with van der Waals surface area (Å²) >= 11 is 0. The van der Waals surface area contributed by atoms with Crippen LogP contribution in [0.5, 0.6) is 5.75 Å². The maximum absolute atomic E-state index is 5.73. The lowest BCUT2D eigenvalue weighted by atomic mass is 10.0. The quantitative estimate of drug-likeness (QED) is 0.730. The number of piperazine rings is 1. The lowest BCUT2D eigenvalue weighted by Gasteiger charge is -2.34. The van der Waals surface area contributed by atoms with Gasteiger partial charge in [-0.05, 0) is 42.3 Å². The highest BCUT2D eigenvalue weighted by Gasteiger charge is 2.38. The molecule has 1 atom stereocenters. The lowest BCUT2D eigenvalue weighted by molar-refractivity contribution is -1.02. The van der Waals surface area contributed by atoms with Crippen LogP contribution in [0.15, 0.2) is 24.3 Å². The van der Waals surface area contributed by atoms with E-state index in [0.29, 0.717) is 6.04 Å². The Morgan fingerprint density at radius 1 is 1.15 bits per heavy atom. The Balaban J connectivity index is 1.72. The number of para-hydroxylation sites is 1. The molecule has 1 aromatic heterocycles. The van der Waals surface area contributed by atoms with E-state index in [1.54, 1.807) is 16.9 Å². The number of likely N-dealkylation sites (N-methyl/N-ethyl adjacent to an activating group) is 1. The van der Waals surface area contributed by atoms with Gasteiger partial charge in [-0.25, -0.2) is 4.68 Å². The van der Waals surface area contributed by atoms with Crippen molar-refractivity contribution in [2.45, 2.75) is 44.7 Å². The van der Waals surface area contributed by atoms with Gasteiger partial charge in [-0.1, -0.05) is 25.0 Å². The molecule has 0 radical (unpaired) electrons. The Bertz CT molecular complexity index is 734. The molecule has 27 heavy (non-hydrogen) atoms. The standard InChI is InChI=1S/C20H30N6O/c1-3-24-12-14-25(15-13-24)19(17-10-6-7-11-18(17)27-2)20-21-22-23-26(20)16-8-4-5-9-16/h6-7,10-11,16,19H,3-5,8-9,12-15H2,1-2H3/p+2/t19-/m1/s1. The van der Waals surface area contributed by atoms with Crippen LogP contribution in [0.3, 0.4) is 0 Å². The number of aromatic nitrogens is 4. The van der Waals surface area contributed by atoms with Crippen LogP contribution in [0.2, 0.25) is 0 Å². The summed E-state index contributed by atoms with van der Waals surface area (Å²) in [4.78, 5) is 3.23. The summed E-state index contributed by atoms with van der Waals surface area (Å²) in [6, 6.07) is 8.93. The molecule has 2 aromatic rings. The third-order valence-corrected chi connectivity index (χ3v) is 6.40. The van der Waals surface area contributed by atoms with Gasteiger partial charge in [0.2, 0.25) is 5.82 Å². The van der Waals surface area contributed by atoms with Crippen LogP contribution in [0.25, 0.3) is 0 Å². The van der Waals surface area contributed by atoms with Crippen molar-refractivity contribution in [3.05, 3.63) is 35.7 Å². The minimum Gasteiger partial charge on any atom is -0.496 e. The Morgan fingerprint density at radius 2 is 1.89 bits per heavy atom. The highest BCUT2D eigenvalue weighted by Crippen LogP contribution is 2.33. The summed E-state index contributed by atoms with van der Waals surface area (Å²) in [5.41, 5.74) is 1.20. The number of benzene rings is 1. The Kier molecular flexibility index (Phi) is 5.69. The van der Waals surface area contributed by atoms with Gasteiger partial charge in [0, 0.05) is 0 Å². The lowest BCUT2D eigenvalue weighted by Crippen LogP contribution is -3.28. The summed E-state index contributed by atoms with van der Waals surface area (Å²) in [5, 5.41) is 13.1. The number of ether oxygens (including phenoxy) is 1. The van der Waals surface area contributed by atoms with Crippen molar-refractivity contribution in [3.63, 3.8) is 0 Å². The van der Waals surface area contributed by atoms with Gasteiger partial charge in [0.15, 0.2) is 6.04 Å². The zero-order chi connectivity index (χ0) is 18.6. The molecule has 1 aliphatic carbocycles. The van der Waals surface area contributed by atoms with Gasteiger partial charge >= 0.3 is 0 Å². The molecule has 2 N–H and O–H groups in total. The van der Waals surface area contributed by atoms with E-state index in [9.17, 15) is 0 Å². The normalized spacial score (nSPS) is 24.8. The van der Waals surface area contributed by atoms with Gasteiger partial charge in [-0.15, -0.1) is 5.10 Å². The third kappa shape index (κ3) is 3.71. The van der Waals surface area contributed by atoms with Crippen LogP contribution in [0.4, 0.5) is 0 Å². The van der Waals surface area contributed by atoms with Crippen LogP contribution in [0.1, 0.15) is 56.1 Å². The van der Waals surface area contributed by atoms with Crippen LogP contribution < -0.4 is 14.5 Å². The molecule has 146 valence electrons. The first-order valence-electron chi connectivity index (χ1n) is 10.4. The topological polar surface area (TPSA) is 61.7 Å². The van der Waals surface area contributed by atoms with Crippen molar-refractivity contribution in [1.82, 2.24) is 20.2 Å². The van der Waals surface area contributed by atoms with E-state index in [2.05, 4.69) is 45.3 Å². The second-order valence-corrected chi connectivity index (χ2v) is 7.86. The number of nitrogens with one attached hydrogen (secondary N) is 2. The first kappa shape index (κ1) is 18.4. The number of rotatable bonds is 6. The Morgan fingerprint density at radius 3 is 2.59 bits per heavy atom. The molecule has 0 amide bonds. The molecule has 0 bridgehead atoms. The summed E-state index contributed by atoms with van der Waals surface area (Å²) < 4.78 is 7.85. The number of hydrogen-bond acceptors (Lipinski definition) is 4. The van der Waals surface area contributed by atoms with Crippen molar-refractivity contribution in [3.8, 4) is 5.75 Å². The summed E-state index contributed by atoms with van der Waals surface area (Å²) in [7, 11) is 1.75. The van der Waals surface area contributed by atoms with Gasteiger partial charge in [0.05, 0.1) is 25.3 Å². The molecule has 1 saturated heterocycles. The van der Waals surface area contributed by atoms with Gasteiger partial charge < -0.3 is 14.5 Å². The molecule has 2 fully saturated rings. The fraction of sp³-hybridized carbons (Fsp3) is 0.650. The van der Waals surface area contributed by atoms with E-state index in [0.717, 1.165) is 24.7 Å². The van der Waals surface area contributed by atoms with E-state index in [-0.39, 0.29) is 6.04 Å².